The van der Waals surface area contributed by atoms with E-state index in [9.17, 15) is 4.79 Å². The number of hydrogen-bond donors (Lipinski definition) is 1. The summed E-state index contributed by atoms with van der Waals surface area (Å²) in [6, 6.07) is 5.92. The first-order valence-electron chi connectivity index (χ1n) is 6.89. The number of carbonyl (C=O) groups is 1. The molecule has 3 heterocycles. The van der Waals surface area contributed by atoms with E-state index in [2.05, 4.69) is 5.32 Å². The molecule has 2 aromatic heterocycles. The second kappa shape index (κ2) is 5.81. The second-order valence-electron chi connectivity index (χ2n) is 5.04. The molecule has 1 N–H and O–H groups in total. The topological polar surface area (TPSA) is 43.3 Å². The van der Waals surface area contributed by atoms with Crippen LogP contribution in [0, 0.1) is 0 Å². The Morgan fingerprint density at radius 3 is 3.00 bits per heavy atom. The van der Waals surface area contributed by atoms with Crippen molar-refractivity contribution in [1.82, 2.24) is 9.88 Å². The maximum Gasteiger partial charge on any atom is 0.263 e. The Bertz CT molecular complexity index is 570. The van der Waals surface area contributed by atoms with Crippen LogP contribution in [0.4, 0.5) is 0 Å². The molecule has 3 rings (SSSR count). The normalized spacial score (nSPS) is 19.9. The highest BCUT2D eigenvalue weighted by molar-refractivity contribution is 7.12. The van der Waals surface area contributed by atoms with Crippen LogP contribution in [0.5, 0.6) is 0 Å². The van der Waals surface area contributed by atoms with Gasteiger partial charge in [0.2, 0.25) is 0 Å². The maximum atomic E-state index is 12.4. The molecule has 0 spiro atoms. The Morgan fingerprint density at radius 2 is 2.30 bits per heavy atom. The summed E-state index contributed by atoms with van der Waals surface area (Å²) in [7, 11) is 0. The molecular weight excluding hydrogens is 272 g/mol. The minimum Gasteiger partial charge on any atom is -0.376 e. The van der Waals surface area contributed by atoms with Crippen LogP contribution >= 0.6 is 11.3 Å². The third kappa shape index (κ3) is 2.64. The van der Waals surface area contributed by atoms with Gasteiger partial charge in [-0.25, -0.2) is 0 Å². The molecule has 0 bridgehead atoms. The number of aromatic nitrogens is 1. The second-order valence-corrected chi connectivity index (χ2v) is 5.96. The number of thiophene rings is 1. The highest BCUT2D eigenvalue weighted by Gasteiger charge is 2.25. The monoisotopic (exact) mass is 290 g/mol. The Balaban J connectivity index is 1.73. The molecule has 1 saturated heterocycles. The summed E-state index contributed by atoms with van der Waals surface area (Å²) < 4.78 is 7.58. The SMILES string of the molecule is C[C@H](NC(=O)c1sccc1-n1cccc1)[C@@H]1CCCO1. The van der Waals surface area contributed by atoms with Crippen molar-refractivity contribution in [2.45, 2.75) is 31.9 Å². The number of hydrogen-bond acceptors (Lipinski definition) is 3. The number of amides is 1. The van der Waals surface area contributed by atoms with Gasteiger partial charge in [-0.3, -0.25) is 4.79 Å². The summed E-state index contributed by atoms with van der Waals surface area (Å²) in [4.78, 5) is 13.2. The van der Waals surface area contributed by atoms with Crippen molar-refractivity contribution >= 4 is 17.2 Å². The molecular formula is C15H18N2O2S. The van der Waals surface area contributed by atoms with Crippen LogP contribution in [0.1, 0.15) is 29.4 Å². The predicted molar refractivity (Wildman–Crippen MR) is 79.5 cm³/mol. The number of nitrogens with one attached hydrogen (secondary N) is 1. The van der Waals surface area contributed by atoms with E-state index in [1.165, 1.54) is 11.3 Å². The van der Waals surface area contributed by atoms with Crippen molar-refractivity contribution < 1.29 is 9.53 Å². The Kier molecular flexibility index (Phi) is 3.89. The van der Waals surface area contributed by atoms with E-state index in [0.29, 0.717) is 0 Å². The quantitative estimate of drug-likeness (QED) is 0.941. The first-order valence-corrected chi connectivity index (χ1v) is 7.77. The highest BCUT2D eigenvalue weighted by Crippen LogP contribution is 2.22. The molecule has 1 fully saturated rings. The van der Waals surface area contributed by atoms with Crippen LogP contribution in [-0.4, -0.2) is 29.2 Å². The standard InChI is InChI=1S/C15H18N2O2S/c1-11(13-5-4-9-19-13)16-15(18)14-12(6-10-20-14)17-7-2-3-8-17/h2-3,6-8,10-11,13H,4-5,9H2,1H3,(H,16,18)/t11-,13-/m0/s1. The zero-order chi connectivity index (χ0) is 13.9. The molecule has 0 radical (unpaired) electrons. The lowest BCUT2D eigenvalue weighted by Gasteiger charge is -2.20. The van der Waals surface area contributed by atoms with Gasteiger partial charge in [-0.1, -0.05) is 0 Å². The summed E-state index contributed by atoms with van der Waals surface area (Å²) in [6.07, 6.45) is 6.15. The molecule has 1 amide bonds. The van der Waals surface area contributed by atoms with Crippen LogP contribution in [0.2, 0.25) is 0 Å². The largest absolute Gasteiger partial charge is 0.376 e. The van der Waals surface area contributed by atoms with Gasteiger partial charge in [0.15, 0.2) is 0 Å². The minimum atomic E-state index is -0.0216. The number of carbonyl (C=O) groups excluding carboxylic acids is 1. The first kappa shape index (κ1) is 13.4. The molecule has 106 valence electrons. The van der Waals surface area contributed by atoms with Crippen molar-refractivity contribution in [2.75, 3.05) is 6.61 Å². The smallest absolute Gasteiger partial charge is 0.263 e. The Morgan fingerprint density at radius 1 is 1.50 bits per heavy atom. The number of ether oxygens (including phenoxy) is 1. The van der Waals surface area contributed by atoms with Gasteiger partial charge in [0, 0.05) is 19.0 Å². The summed E-state index contributed by atoms with van der Waals surface area (Å²) >= 11 is 1.47. The highest BCUT2D eigenvalue weighted by atomic mass is 32.1. The zero-order valence-corrected chi connectivity index (χ0v) is 12.2. The van der Waals surface area contributed by atoms with Gasteiger partial charge in [-0.2, -0.15) is 0 Å². The van der Waals surface area contributed by atoms with Crippen molar-refractivity contribution in [3.8, 4) is 5.69 Å². The van der Waals surface area contributed by atoms with Gasteiger partial charge in [-0.15, -0.1) is 11.3 Å². The first-order chi connectivity index (χ1) is 9.75. The predicted octanol–water partition coefficient (Wildman–Crippen LogP) is 2.84. The van der Waals surface area contributed by atoms with E-state index in [4.69, 9.17) is 4.74 Å². The molecule has 0 aromatic carbocycles. The molecule has 5 heteroatoms. The van der Waals surface area contributed by atoms with Crippen LogP contribution in [0.25, 0.3) is 5.69 Å². The number of rotatable bonds is 4. The molecule has 0 saturated carbocycles. The van der Waals surface area contributed by atoms with Crippen LogP contribution < -0.4 is 5.32 Å². The number of nitrogens with zero attached hydrogens (tertiary/aromatic N) is 1. The fourth-order valence-electron chi connectivity index (χ4n) is 2.53. The molecule has 2 aromatic rings. The van der Waals surface area contributed by atoms with Gasteiger partial charge in [0.25, 0.3) is 5.91 Å². The Labute approximate surface area is 122 Å². The van der Waals surface area contributed by atoms with Gasteiger partial charge >= 0.3 is 0 Å². The third-order valence-corrected chi connectivity index (χ3v) is 4.52. The van der Waals surface area contributed by atoms with E-state index in [0.717, 1.165) is 30.0 Å². The summed E-state index contributed by atoms with van der Waals surface area (Å²) in [5, 5.41) is 5.01. The average molecular weight is 290 g/mol. The van der Waals surface area contributed by atoms with Crippen LogP contribution in [0.3, 0.4) is 0 Å². The third-order valence-electron chi connectivity index (χ3n) is 3.61. The lowest BCUT2D eigenvalue weighted by Crippen LogP contribution is -2.40. The molecule has 1 aliphatic rings. The Hall–Kier alpha value is -1.59. The average Bonchev–Trinajstić information content (AvgIpc) is 3.19. The maximum absolute atomic E-state index is 12.4. The summed E-state index contributed by atoms with van der Waals surface area (Å²) in [6.45, 7) is 2.81. The fraction of sp³-hybridized carbons (Fsp3) is 0.400. The zero-order valence-electron chi connectivity index (χ0n) is 11.4. The van der Waals surface area contributed by atoms with Crippen LogP contribution in [0.15, 0.2) is 36.0 Å². The van der Waals surface area contributed by atoms with Gasteiger partial charge in [-0.05, 0) is 43.3 Å². The molecule has 4 nitrogen and oxygen atoms in total. The molecule has 1 aliphatic heterocycles. The van der Waals surface area contributed by atoms with E-state index >= 15 is 0 Å². The molecule has 2 atom stereocenters. The minimum absolute atomic E-state index is 0.0216. The van der Waals surface area contributed by atoms with E-state index in [1.807, 2.05) is 47.5 Å². The lowest BCUT2D eigenvalue weighted by atomic mass is 10.1. The summed E-state index contributed by atoms with van der Waals surface area (Å²) in [5.74, 6) is -0.0216. The lowest BCUT2D eigenvalue weighted by molar-refractivity contribution is 0.0714. The van der Waals surface area contributed by atoms with E-state index in [-0.39, 0.29) is 18.1 Å². The van der Waals surface area contributed by atoms with Gasteiger partial charge < -0.3 is 14.6 Å². The molecule has 0 aliphatic carbocycles. The van der Waals surface area contributed by atoms with Gasteiger partial charge in [0.05, 0.1) is 17.8 Å². The van der Waals surface area contributed by atoms with Crippen molar-refractivity contribution in [1.29, 1.82) is 0 Å². The van der Waals surface area contributed by atoms with Crippen molar-refractivity contribution in [3.63, 3.8) is 0 Å². The van der Waals surface area contributed by atoms with E-state index in [1.54, 1.807) is 0 Å². The fourth-order valence-corrected chi connectivity index (χ4v) is 3.33. The van der Waals surface area contributed by atoms with Gasteiger partial charge in [0.1, 0.15) is 4.88 Å². The molecule has 20 heavy (non-hydrogen) atoms. The van der Waals surface area contributed by atoms with E-state index < -0.39 is 0 Å². The summed E-state index contributed by atoms with van der Waals surface area (Å²) in [5.41, 5.74) is 0.928. The van der Waals surface area contributed by atoms with Crippen molar-refractivity contribution in [3.05, 3.63) is 40.8 Å². The molecule has 0 unspecified atom stereocenters. The van der Waals surface area contributed by atoms with Crippen LogP contribution in [-0.2, 0) is 4.74 Å². The van der Waals surface area contributed by atoms with Crippen molar-refractivity contribution in [2.24, 2.45) is 0 Å².